The Labute approximate surface area is 129 Å². The number of piperidine rings is 1. The first kappa shape index (κ1) is 12.8. The first-order chi connectivity index (χ1) is 10.7. The van der Waals surface area contributed by atoms with E-state index in [9.17, 15) is 9.90 Å². The van der Waals surface area contributed by atoms with Crippen LogP contribution in [0.5, 0.6) is 0 Å². The zero-order chi connectivity index (χ0) is 14.8. The molecule has 0 bridgehead atoms. The molecule has 5 aliphatic rings. The monoisotopic (exact) mass is 296 g/mol. The highest BCUT2D eigenvalue weighted by atomic mass is 16.4. The van der Waals surface area contributed by atoms with Crippen LogP contribution in [-0.4, -0.2) is 40.8 Å². The van der Waals surface area contributed by atoms with Crippen LogP contribution < -0.4 is 0 Å². The Morgan fingerprint density at radius 1 is 1.36 bits per heavy atom. The molecule has 22 heavy (non-hydrogen) atoms. The largest absolute Gasteiger partial charge is 0.481 e. The third kappa shape index (κ3) is 1.62. The molecule has 4 atom stereocenters. The zero-order valence-electron chi connectivity index (χ0n) is 12.5. The number of rotatable bonds is 1. The van der Waals surface area contributed by atoms with Crippen LogP contribution in [0.2, 0.25) is 0 Å². The molecular weight excluding hydrogens is 276 g/mol. The minimum absolute atomic E-state index is 0.273. The maximum absolute atomic E-state index is 11.3. The van der Waals surface area contributed by atoms with Crippen molar-refractivity contribution in [1.29, 1.82) is 0 Å². The Kier molecular flexibility index (Phi) is 2.57. The van der Waals surface area contributed by atoms with Crippen LogP contribution in [-0.2, 0) is 4.79 Å². The van der Waals surface area contributed by atoms with Crippen LogP contribution in [0.25, 0.3) is 0 Å². The van der Waals surface area contributed by atoms with Crippen molar-refractivity contribution >= 4 is 11.7 Å². The molecule has 0 aromatic carbocycles. The zero-order valence-corrected chi connectivity index (χ0v) is 12.5. The van der Waals surface area contributed by atoms with Gasteiger partial charge in [0.25, 0.3) is 0 Å². The van der Waals surface area contributed by atoms with Crippen molar-refractivity contribution in [1.82, 2.24) is 4.90 Å². The van der Waals surface area contributed by atoms with E-state index < -0.39 is 5.97 Å². The van der Waals surface area contributed by atoms with E-state index in [1.807, 2.05) is 0 Å². The van der Waals surface area contributed by atoms with Gasteiger partial charge in [-0.15, -0.1) is 0 Å². The molecule has 0 saturated carbocycles. The molecule has 0 aromatic heterocycles. The highest BCUT2D eigenvalue weighted by Gasteiger charge is 2.51. The van der Waals surface area contributed by atoms with E-state index in [4.69, 9.17) is 4.99 Å². The Morgan fingerprint density at radius 2 is 2.27 bits per heavy atom. The summed E-state index contributed by atoms with van der Waals surface area (Å²) >= 11 is 0. The number of allylic oxidation sites excluding steroid dienone is 2. The standard InChI is InChI=1S/C18H20N2O2/c21-18(22)10-7-11-9-20-6-5-15-16(17(20)13(11)8-10)12-3-1-2-4-14(12)19-15/h2,4,8,10-11,16-17H,1,3,5-7,9H2,(H,21,22). The van der Waals surface area contributed by atoms with Crippen molar-refractivity contribution < 1.29 is 9.90 Å². The average molecular weight is 296 g/mol. The lowest BCUT2D eigenvalue weighted by Gasteiger charge is -2.37. The molecule has 0 radical (unpaired) electrons. The van der Waals surface area contributed by atoms with Gasteiger partial charge in [0, 0.05) is 30.8 Å². The van der Waals surface area contributed by atoms with Gasteiger partial charge in [-0.25, -0.2) is 0 Å². The van der Waals surface area contributed by atoms with Crippen molar-refractivity contribution in [2.24, 2.45) is 22.7 Å². The number of fused-ring (bicyclic) bond motifs is 6. The Hall–Kier alpha value is -1.68. The molecule has 4 unspecified atom stereocenters. The van der Waals surface area contributed by atoms with E-state index >= 15 is 0 Å². The molecule has 4 nitrogen and oxygen atoms in total. The summed E-state index contributed by atoms with van der Waals surface area (Å²) in [4.78, 5) is 18.8. The SMILES string of the molecule is O=C(O)C1C=C2C(C1)CN1CCC3=NC4=C(CCC=C4)C3C21. The normalized spacial score (nSPS) is 39.1. The second-order valence-corrected chi connectivity index (χ2v) is 7.17. The summed E-state index contributed by atoms with van der Waals surface area (Å²) in [5.41, 5.74) is 5.45. The predicted molar refractivity (Wildman–Crippen MR) is 83.6 cm³/mol. The van der Waals surface area contributed by atoms with E-state index in [1.165, 1.54) is 22.6 Å². The minimum atomic E-state index is -0.662. The van der Waals surface area contributed by atoms with E-state index in [0.29, 0.717) is 17.9 Å². The fourth-order valence-electron chi connectivity index (χ4n) is 5.17. The van der Waals surface area contributed by atoms with Gasteiger partial charge in [-0.2, -0.15) is 0 Å². The fourth-order valence-corrected chi connectivity index (χ4v) is 5.17. The van der Waals surface area contributed by atoms with Crippen LogP contribution in [0.4, 0.5) is 0 Å². The maximum atomic E-state index is 11.3. The van der Waals surface area contributed by atoms with Crippen LogP contribution in [0.15, 0.2) is 40.1 Å². The lowest BCUT2D eigenvalue weighted by molar-refractivity contribution is -0.140. The highest BCUT2D eigenvalue weighted by Crippen LogP contribution is 2.50. The van der Waals surface area contributed by atoms with Crippen LogP contribution >= 0.6 is 0 Å². The second kappa shape index (κ2) is 4.42. The molecule has 3 aliphatic heterocycles. The molecule has 2 fully saturated rings. The molecule has 0 aromatic rings. The number of carboxylic acid groups (broad SMARTS) is 1. The topological polar surface area (TPSA) is 52.9 Å². The van der Waals surface area contributed by atoms with Crippen molar-refractivity contribution in [2.75, 3.05) is 13.1 Å². The summed E-state index contributed by atoms with van der Waals surface area (Å²) in [6.45, 7) is 2.12. The highest BCUT2D eigenvalue weighted by molar-refractivity contribution is 5.95. The molecule has 5 rings (SSSR count). The summed E-state index contributed by atoms with van der Waals surface area (Å²) in [5, 5.41) is 9.34. The molecule has 2 saturated heterocycles. The van der Waals surface area contributed by atoms with E-state index in [2.05, 4.69) is 23.1 Å². The van der Waals surface area contributed by atoms with Gasteiger partial charge in [0.05, 0.1) is 11.6 Å². The maximum Gasteiger partial charge on any atom is 0.310 e. The lowest BCUT2D eigenvalue weighted by Crippen LogP contribution is -2.46. The minimum Gasteiger partial charge on any atom is -0.481 e. The fraction of sp³-hybridized carbons (Fsp3) is 0.556. The summed E-state index contributed by atoms with van der Waals surface area (Å²) in [6.07, 6.45) is 10.6. The van der Waals surface area contributed by atoms with E-state index in [0.717, 1.165) is 38.8 Å². The number of nitrogens with zero attached hydrogens (tertiary/aromatic N) is 2. The number of hydrogen-bond donors (Lipinski definition) is 1. The number of aliphatic carboxylic acids is 1. The van der Waals surface area contributed by atoms with Gasteiger partial charge in [0.2, 0.25) is 0 Å². The number of carbonyl (C=O) groups is 1. The van der Waals surface area contributed by atoms with Gasteiger partial charge in [0.15, 0.2) is 0 Å². The van der Waals surface area contributed by atoms with Gasteiger partial charge in [-0.1, -0.05) is 17.7 Å². The van der Waals surface area contributed by atoms with E-state index in [-0.39, 0.29) is 5.92 Å². The summed E-state index contributed by atoms with van der Waals surface area (Å²) in [5.74, 6) is -0.0534. The average Bonchev–Trinajstić information content (AvgIpc) is 3.15. The number of aliphatic imine (C=N–C) groups is 1. The van der Waals surface area contributed by atoms with Gasteiger partial charge in [-0.05, 0) is 43.3 Å². The third-order valence-corrected chi connectivity index (χ3v) is 6.06. The van der Waals surface area contributed by atoms with Gasteiger partial charge >= 0.3 is 5.97 Å². The first-order valence-corrected chi connectivity index (χ1v) is 8.38. The molecular formula is C18H20N2O2. The Balaban J connectivity index is 1.56. The Bertz CT molecular complexity index is 685. The van der Waals surface area contributed by atoms with Crippen molar-refractivity contribution in [3.05, 3.63) is 35.1 Å². The van der Waals surface area contributed by atoms with Gasteiger partial charge in [0.1, 0.15) is 0 Å². The summed E-state index contributed by atoms with van der Waals surface area (Å²) in [6, 6.07) is 0.390. The summed E-state index contributed by atoms with van der Waals surface area (Å²) < 4.78 is 0. The quantitative estimate of drug-likeness (QED) is 0.756. The van der Waals surface area contributed by atoms with E-state index in [1.54, 1.807) is 0 Å². The third-order valence-electron chi connectivity index (χ3n) is 6.06. The van der Waals surface area contributed by atoms with Crippen LogP contribution in [0.3, 0.4) is 0 Å². The van der Waals surface area contributed by atoms with Gasteiger partial charge in [-0.3, -0.25) is 14.7 Å². The lowest BCUT2D eigenvalue weighted by atomic mass is 9.78. The van der Waals surface area contributed by atoms with Crippen molar-refractivity contribution in [3.8, 4) is 0 Å². The molecule has 4 heteroatoms. The molecule has 0 spiro atoms. The summed E-state index contributed by atoms with van der Waals surface area (Å²) in [7, 11) is 0. The first-order valence-electron chi connectivity index (χ1n) is 8.38. The number of carboxylic acids is 1. The molecule has 0 amide bonds. The molecule has 114 valence electrons. The Morgan fingerprint density at radius 3 is 3.14 bits per heavy atom. The van der Waals surface area contributed by atoms with Crippen LogP contribution in [0, 0.1) is 17.8 Å². The van der Waals surface area contributed by atoms with Crippen LogP contribution in [0.1, 0.15) is 25.7 Å². The van der Waals surface area contributed by atoms with Crippen molar-refractivity contribution in [3.63, 3.8) is 0 Å². The smallest absolute Gasteiger partial charge is 0.310 e. The molecule has 1 N–H and O–H groups in total. The van der Waals surface area contributed by atoms with Gasteiger partial charge < -0.3 is 5.11 Å². The molecule has 2 aliphatic carbocycles. The second-order valence-electron chi connectivity index (χ2n) is 7.17. The molecule has 3 heterocycles. The number of hydrogen-bond acceptors (Lipinski definition) is 3. The van der Waals surface area contributed by atoms with Crippen molar-refractivity contribution in [2.45, 2.75) is 31.7 Å². The predicted octanol–water partition coefficient (Wildman–Crippen LogP) is 2.40.